The molecule has 2 aromatic rings. The van der Waals surface area contributed by atoms with Crippen molar-refractivity contribution in [2.24, 2.45) is 5.73 Å². The molecule has 0 fully saturated rings. The molecule has 1 aromatic carbocycles. The first-order valence-corrected chi connectivity index (χ1v) is 5.49. The van der Waals surface area contributed by atoms with Crippen molar-refractivity contribution in [2.75, 3.05) is 18.4 Å². The van der Waals surface area contributed by atoms with Crippen molar-refractivity contribution in [3.05, 3.63) is 30.5 Å². The largest absolute Gasteiger partial charge is 0.508 e. The van der Waals surface area contributed by atoms with Gasteiger partial charge in [-0.15, -0.1) is 0 Å². The maximum atomic E-state index is 9.22. The number of nitrogens with zero attached hydrogens (tertiary/aromatic N) is 1. The zero-order valence-electron chi connectivity index (χ0n) is 9.39. The first-order chi connectivity index (χ1) is 8.31. The fourth-order valence-electron chi connectivity index (χ4n) is 1.51. The van der Waals surface area contributed by atoms with Gasteiger partial charge in [-0.2, -0.15) is 0 Å². The number of phenols is 1. The highest BCUT2D eigenvalue weighted by Crippen LogP contribution is 2.28. The number of aromatic hydroxyl groups is 1. The molecule has 17 heavy (non-hydrogen) atoms. The summed E-state index contributed by atoms with van der Waals surface area (Å²) in [6.07, 6.45) is 2.53. The summed E-state index contributed by atoms with van der Waals surface area (Å²) in [5, 5.41) is 16.2. The van der Waals surface area contributed by atoms with Crippen molar-refractivity contribution in [2.45, 2.75) is 6.42 Å². The van der Waals surface area contributed by atoms with Crippen LogP contribution in [0.15, 0.2) is 35.0 Å². The summed E-state index contributed by atoms with van der Waals surface area (Å²) < 4.78 is 5.20. The molecule has 0 saturated carbocycles. The number of anilines is 1. The van der Waals surface area contributed by atoms with Gasteiger partial charge in [-0.3, -0.25) is 0 Å². The van der Waals surface area contributed by atoms with Gasteiger partial charge in [0.1, 0.15) is 11.4 Å². The smallest absolute Gasteiger partial charge is 0.189 e. The van der Waals surface area contributed by atoms with Crippen LogP contribution in [0.3, 0.4) is 0 Å². The Kier molecular flexibility index (Phi) is 3.62. The Hall–Kier alpha value is -2.01. The molecule has 5 heteroatoms. The molecular weight excluding hydrogens is 218 g/mol. The van der Waals surface area contributed by atoms with Crippen LogP contribution >= 0.6 is 0 Å². The van der Waals surface area contributed by atoms with Gasteiger partial charge in [0.2, 0.25) is 0 Å². The summed E-state index contributed by atoms with van der Waals surface area (Å²) in [7, 11) is 0. The SMILES string of the molecule is NCCCNc1cnoc1-c1ccc(O)cc1. The van der Waals surface area contributed by atoms with E-state index in [9.17, 15) is 5.11 Å². The van der Waals surface area contributed by atoms with E-state index in [0.29, 0.717) is 12.3 Å². The second-order valence-corrected chi connectivity index (χ2v) is 3.68. The predicted molar refractivity (Wildman–Crippen MR) is 65.8 cm³/mol. The van der Waals surface area contributed by atoms with Crippen LogP contribution in [0.2, 0.25) is 0 Å². The summed E-state index contributed by atoms with van der Waals surface area (Å²) in [5.74, 6) is 0.896. The second-order valence-electron chi connectivity index (χ2n) is 3.68. The Balaban J connectivity index is 2.15. The first-order valence-electron chi connectivity index (χ1n) is 5.49. The van der Waals surface area contributed by atoms with Crippen molar-refractivity contribution in [3.8, 4) is 17.1 Å². The molecule has 2 rings (SSSR count). The minimum absolute atomic E-state index is 0.228. The topological polar surface area (TPSA) is 84.3 Å². The number of phenolic OH excluding ortho intramolecular Hbond substituents is 1. The van der Waals surface area contributed by atoms with Gasteiger partial charge in [0.05, 0.1) is 6.20 Å². The Morgan fingerprint density at radius 2 is 2.06 bits per heavy atom. The molecular formula is C12H15N3O2. The molecule has 1 heterocycles. The molecule has 1 aromatic heterocycles. The summed E-state index contributed by atoms with van der Waals surface area (Å²) in [6.45, 7) is 1.43. The van der Waals surface area contributed by atoms with E-state index >= 15 is 0 Å². The molecule has 0 spiro atoms. The number of hydrogen-bond donors (Lipinski definition) is 3. The van der Waals surface area contributed by atoms with Gasteiger partial charge in [0.25, 0.3) is 0 Å². The number of rotatable bonds is 5. The second kappa shape index (κ2) is 5.36. The van der Waals surface area contributed by atoms with Crippen LogP contribution in [0.4, 0.5) is 5.69 Å². The average Bonchev–Trinajstić information content (AvgIpc) is 2.79. The summed E-state index contributed by atoms with van der Waals surface area (Å²) in [5.41, 5.74) is 7.13. The van der Waals surface area contributed by atoms with Gasteiger partial charge < -0.3 is 20.7 Å². The van der Waals surface area contributed by atoms with Gasteiger partial charge in [-0.1, -0.05) is 5.16 Å². The standard InChI is InChI=1S/C12H15N3O2/c13-6-1-7-14-11-8-15-17-12(11)9-2-4-10(16)5-3-9/h2-5,8,14,16H,1,6-7,13H2. The van der Waals surface area contributed by atoms with Gasteiger partial charge in [-0.05, 0) is 37.2 Å². The molecule has 0 atom stereocenters. The maximum absolute atomic E-state index is 9.22. The lowest BCUT2D eigenvalue weighted by Crippen LogP contribution is -2.08. The Bertz CT molecular complexity index is 465. The van der Waals surface area contributed by atoms with Crippen LogP contribution in [-0.4, -0.2) is 23.4 Å². The van der Waals surface area contributed by atoms with Crippen LogP contribution < -0.4 is 11.1 Å². The molecule has 0 aliphatic rings. The Morgan fingerprint density at radius 3 is 2.76 bits per heavy atom. The lowest BCUT2D eigenvalue weighted by Gasteiger charge is -2.04. The molecule has 0 aliphatic heterocycles. The number of benzene rings is 1. The van der Waals surface area contributed by atoms with Gasteiger partial charge in [0, 0.05) is 12.1 Å². The van der Waals surface area contributed by atoms with Gasteiger partial charge >= 0.3 is 0 Å². The number of nitrogens with two attached hydrogens (primary N) is 1. The number of hydrogen-bond acceptors (Lipinski definition) is 5. The third kappa shape index (κ3) is 2.76. The minimum atomic E-state index is 0.228. The summed E-state index contributed by atoms with van der Waals surface area (Å²) in [6, 6.07) is 6.79. The molecule has 0 aliphatic carbocycles. The van der Waals surface area contributed by atoms with Crippen LogP contribution in [-0.2, 0) is 0 Å². The monoisotopic (exact) mass is 233 g/mol. The van der Waals surface area contributed by atoms with Crippen molar-refractivity contribution in [3.63, 3.8) is 0 Å². The van der Waals surface area contributed by atoms with E-state index in [2.05, 4.69) is 10.5 Å². The van der Waals surface area contributed by atoms with Crippen LogP contribution in [0.5, 0.6) is 5.75 Å². The lowest BCUT2D eigenvalue weighted by atomic mass is 10.1. The van der Waals surface area contributed by atoms with Crippen LogP contribution in [0, 0.1) is 0 Å². The van der Waals surface area contributed by atoms with E-state index in [1.165, 1.54) is 0 Å². The average molecular weight is 233 g/mol. The lowest BCUT2D eigenvalue weighted by molar-refractivity contribution is 0.432. The molecule has 0 saturated heterocycles. The normalized spacial score (nSPS) is 10.4. The number of aromatic nitrogens is 1. The van der Waals surface area contributed by atoms with Gasteiger partial charge in [0.15, 0.2) is 5.76 Å². The molecule has 4 N–H and O–H groups in total. The minimum Gasteiger partial charge on any atom is -0.508 e. The molecule has 0 bridgehead atoms. The molecule has 0 unspecified atom stereocenters. The van der Waals surface area contributed by atoms with Crippen molar-refractivity contribution in [1.82, 2.24) is 5.16 Å². The quantitative estimate of drug-likeness (QED) is 0.686. The van der Waals surface area contributed by atoms with E-state index in [-0.39, 0.29) is 5.75 Å². The zero-order valence-corrected chi connectivity index (χ0v) is 9.39. The first kappa shape index (κ1) is 11.5. The highest BCUT2D eigenvalue weighted by atomic mass is 16.5. The van der Waals surface area contributed by atoms with Crippen LogP contribution in [0.1, 0.15) is 6.42 Å². The third-order valence-electron chi connectivity index (χ3n) is 2.40. The van der Waals surface area contributed by atoms with E-state index < -0.39 is 0 Å². The fourth-order valence-corrected chi connectivity index (χ4v) is 1.51. The van der Waals surface area contributed by atoms with E-state index in [0.717, 1.165) is 24.2 Å². The van der Waals surface area contributed by atoms with Crippen LogP contribution in [0.25, 0.3) is 11.3 Å². The highest BCUT2D eigenvalue weighted by Gasteiger charge is 2.09. The maximum Gasteiger partial charge on any atom is 0.189 e. The van der Waals surface area contributed by atoms with E-state index in [1.807, 2.05) is 0 Å². The summed E-state index contributed by atoms with van der Waals surface area (Å²) >= 11 is 0. The molecule has 0 amide bonds. The highest BCUT2D eigenvalue weighted by molar-refractivity contribution is 5.72. The third-order valence-corrected chi connectivity index (χ3v) is 2.40. The fraction of sp³-hybridized carbons (Fsp3) is 0.250. The van der Waals surface area contributed by atoms with Crippen molar-refractivity contribution >= 4 is 5.69 Å². The van der Waals surface area contributed by atoms with E-state index in [4.69, 9.17) is 10.3 Å². The predicted octanol–water partition coefficient (Wildman–Crippen LogP) is 1.81. The molecule has 5 nitrogen and oxygen atoms in total. The van der Waals surface area contributed by atoms with Crippen molar-refractivity contribution in [1.29, 1.82) is 0 Å². The number of nitrogens with one attached hydrogen (secondary N) is 1. The Labute approximate surface area is 99.2 Å². The Morgan fingerprint density at radius 1 is 1.29 bits per heavy atom. The van der Waals surface area contributed by atoms with E-state index in [1.54, 1.807) is 30.5 Å². The summed E-state index contributed by atoms with van der Waals surface area (Å²) in [4.78, 5) is 0. The van der Waals surface area contributed by atoms with Gasteiger partial charge in [-0.25, -0.2) is 0 Å². The molecule has 0 radical (unpaired) electrons. The zero-order chi connectivity index (χ0) is 12.1. The molecule has 90 valence electrons. The van der Waals surface area contributed by atoms with Crippen molar-refractivity contribution < 1.29 is 9.63 Å².